The molecule has 7 heteroatoms. The van der Waals surface area contributed by atoms with Crippen LogP contribution in [0.15, 0.2) is 53.7 Å². The van der Waals surface area contributed by atoms with E-state index in [1.54, 1.807) is 30.6 Å². The third-order valence-electron chi connectivity index (χ3n) is 4.02. The van der Waals surface area contributed by atoms with Crippen LogP contribution in [-0.4, -0.2) is 33.5 Å². The number of amides is 3. The van der Waals surface area contributed by atoms with Crippen LogP contribution in [0.4, 0.5) is 10.5 Å². The Balaban J connectivity index is 1.64. The Kier molecular flexibility index (Phi) is 5.71. The molecule has 0 radical (unpaired) electrons. The van der Waals surface area contributed by atoms with Gasteiger partial charge in [-0.3, -0.25) is 24.3 Å². The van der Waals surface area contributed by atoms with Gasteiger partial charge in [-0.25, -0.2) is 0 Å². The minimum atomic E-state index is -0.473. The van der Waals surface area contributed by atoms with Crippen LogP contribution in [0.2, 0.25) is 0 Å². The Morgan fingerprint density at radius 2 is 1.96 bits per heavy atom. The van der Waals surface area contributed by atoms with E-state index in [1.807, 2.05) is 24.3 Å². The zero-order chi connectivity index (χ0) is 19.4. The molecule has 0 bridgehead atoms. The second-order valence-corrected chi connectivity index (χ2v) is 7.37. The molecule has 0 spiro atoms. The quantitative estimate of drug-likeness (QED) is 0.795. The Hall–Kier alpha value is -2.93. The summed E-state index contributed by atoms with van der Waals surface area (Å²) in [5.41, 5.74) is 2.51. The lowest BCUT2D eigenvalue weighted by atomic mass is 10.0. The first-order valence-electron chi connectivity index (χ1n) is 8.49. The summed E-state index contributed by atoms with van der Waals surface area (Å²) >= 11 is 0.821. The van der Waals surface area contributed by atoms with Crippen LogP contribution in [0.1, 0.15) is 30.9 Å². The van der Waals surface area contributed by atoms with Gasteiger partial charge in [0.2, 0.25) is 5.91 Å². The first kappa shape index (κ1) is 18.8. The molecule has 1 saturated heterocycles. The number of aromatic nitrogens is 1. The topological polar surface area (TPSA) is 79.4 Å². The number of benzene rings is 1. The summed E-state index contributed by atoms with van der Waals surface area (Å²) in [7, 11) is 0. The van der Waals surface area contributed by atoms with Gasteiger partial charge < -0.3 is 5.32 Å². The highest BCUT2D eigenvalue weighted by Gasteiger charge is 2.36. The fraction of sp³-hybridized carbons (Fsp3) is 0.200. The normalized spacial score (nSPS) is 15.7. The van der Waals surface area contributed by atoms with Gasteiger partial charge >= 0.3 is 0 Å². The monoisotopic (exact) mass is 381 g/mol. The predicted octanol–water partition coefficient (Wildman–Crippen LogP) is 3.88. The van der Waals surface area contributed by atoms with Crippen molar-refractivity contribution in [2.45, 2.75) is 19.8 Å². The summed E-state index contributed by atoms with van der Waals surface area (Å²) in [6.45, 7) is 3.86. The molecule has 2 aromatic rings. The first-order valence-corrected chi connectivity index (χ1v) is 9.31. The van der Waals surface area contributed by atoms with E-state index in [4.69, 9.17) is 0 Å². The lowest BCUT2D eigenvalue weighted by molar-refractivity contribution is -0.127. The van der Waals surface area contributed by atoms with Gasteiger partial charge in [-0.15, -0.1) is 0 Å². The van der Waals surface area contributed by atoms with Crippen LogP contribution in [-0.2, 0) is 9.59 Å². The van der Waals surface area contributed by atoms with Gasteiger partial charge in [-0.2, -0.15) is 0 Å². The van der Waals surface area contributed by atoms with Crippen LogP contribution >= 0.6 is 11.8 Å². The van der Waals surface area contributed by atoms with Gasteiger partial charge in [0, 0.05) is 18.1 Å². The maximum absolute atomic E-state index is 12.4. The van der Waals surface area contributed by atoms with Crippen molar-refractivity contribution in [2.24, 2.45) is 0 Å². The number of rotatable bonds is 5. The summed E-state index contributed by atoms with van der Waals surface area (Å²) < 4.78 is 0. The molecular formula is C20H19N3O3S. The second-order valence-electron chi connectivity index (χ2n) is 6.38. The van der Waals surface area contributed by atoms with Gasteiger partial charge in [0.1, 0.15) is 6.54 Å². The van der Waals surface area contributed by atoms with Crippen molar-refractivity contribution in [1.82, 2.24) is 9.88 Å². The van der Waals surface area contributed by atoms with E-state index in [2.05, 4.69) is 24.1 Å². The summed E-state index contributed by atoms with van der Waals surface area (Å²) in [5.74, 6) is -0.493. The van der Waals surface area contributed by atoms with E-state index in [0.717, 1.165) is 22.2 Å². The van der Waals surface area contributed by atoms with Crippen LogP contribution in [0, 0.1) is 0 Å². The molecule has 1 aliphatic heterocycles. The third kappa shape index (κ3) is 4.62. The molecule has 2 heterocycles. The number of hydrogen-bond donors (Lipinski definition) is 1. The number of carbonyl (C=O) groups is 3. The zero-order valence-electron chi connectivity index (χ0n) is 15.0. The maximum atomic E-state index is 12.4. The molecule has 1 fully saturated rings. The highest BCUT2D eigenvalue weighted by Crippen LogP contribution is 2.32. The Morgan fingerprint density at radius 3 is 2.59 bits per heavy atom. The van der Waals surface area contributed by atoms with E-state index in [9.17, 15) is 14.4 Å². The van der Waals surface area contributed by atoms with Crippen LogP contribution < -0.4 is 5.32 Å². The molecule has 3 amide bonds. The predicted molar refractivity (Wildman–Crippen MR) is 106 cm³/mol. The lowest BCUT2D eigenvalue weighted by Gasteiger charge is -2.13. The molecule has 1 aromatic carbocycles. The standard InChI is InChI=1S/C20H19N3O3S/c1-13(2)15-5-7-16(8-6-15)22-18(24)12-23-19(25)17(27-20(23)26)10-14-4-3-9-21-11-14/h3-11,13H,12H2,1-2H3,(H,22,24)/b17-10+. The fourth-order valence-electron chi connectivity index (χ4n) is 2.54. The van der Waals surface area contributed by atoms with Crippen LogP contribution in [0.5, 0.6) is 0 Å². The zero-order valence-corrected chi connectivity index (χ0v) is 15.8. The van der Waals surface area contributed by atoms with Gasteiger partial charge in [-0.05, 0) is 53.1 Å². The minimum absolute atomic E-state index is 0.280. The van der Waals surface area contributed by atoms with Crippen molar-refractivity contribution >= 4 is 40.6 Å². The molecule has 0 aliphatic carbocycles. The Morgan fingerprint density at radius 1 is 1.22 bits per heavy atom. The minimum Gasteiger partial charge on any atom is -0.325 e. The SMILES string of the molecule is CC(C)c1ccc(NC(=O)CN2C(=O)S/C(=C/c3cccnc3)C2=O)cc1. The summed E-state index contributed by atoms with van der Waals surface area (Å²) in [6, 6.07) is 11.0. The van der Waals surface area contributed by atoms with Crippen LogP contribution in [0.3, 0.4) is 0 Å². The summed E-state index contributed by atoms with van der Waals surface area (Å²) in [5, 5.41) is 2.26. The molecule has 3 rings (SSSR count). The molecule has 0 unspecified atom stereocenters. The molecule has 1 aromatic heterocycles. The number of imide groups is 1. The van der Waals surface area contributed by atoms with Crippen molar-refractivity contribution < 1.29 is 14.4 Å². The number of anilines is 1. The average Bonchev–Trinajstić information content (AvgIpc) is 2.90. The number of nitrogens with one attached hydrogen (secondary N) is 1. The second kappa shape index (κ2) is 8.18. The fourth-order valence-corrected chi connectivity index (χ4v) is 3.38. The van der Waals surface area contributed by atoms with E-state index in [0.29, 0.717) is 11.6 Å². The molecule has 1 N–H and O–H groups in total. The number of nitrogens with zero attached hydrogens (tertiary/aromatic N) is 2. The van der Waals surface area contributed by atoms with Gasteiger partial charge in [0.25, 0.3) is 11.1 Å². The van der Waals surface area contributed by atoms with Gasteiger partial charge in [0.05, 0.1) is 4.91 Å². The van der Waals surface area contributed by atoms with Gasteiger partial charge in [-0.1, -0.05) is 32.0 Å². The number of hydrogen-bond acceptors (Lipinski definition) is 5. The Bertz CT molecular complexity index is 892. The number of pyridine rings is 1. The number of thioether (sulfide) groups is 1. The highest BCUT2D eigenvalue weighted by atomic mass is 32.2. The first-order chi connectivity index (χ1) is 12.9. The molecule has 27 heavy (non-hydrogen) atoms. The van der Waals surface area contributed by atoms with Crippen molar-refractivity contribution in [3.05, 3.63) is 64.8 Å². The molecule has 0 atom stereocenters. The van der Waals surface area contributed by atoms with Crippen molar-refractivity contribution in [3.8, 4) is 0 Å². The number of carbonyl (C=O) groups excluding carboxylic acids is 3. The third-order valence-corrected chi connectivity index (χ3v) is 4.93. The van der Waals surface area contributed by atoms with Gasteiger partial charge in [0.15, 0.2) is 0 Å². The van der Waals surface area contributed by atoms with Crippen molar-refractivity contribution in [3.63, 3.8) is 0 Å². The summed E-state index contributed by atoms with van der Waals surface area (Å²) in [6.07, 6.45) is 4.82. The van der Waals surface area contributed by atoms with E-state index in [-0.39, 0.29) is 11.4 Å². The van der Waals surface area contributed by atoms with Crippen molar-refractivity contribution in [2.75, 3.05) is 11.9 Å². The van der Waals surface area contributed by atoms with E-state index < -0.39 is 17.1 Å². The smallest absolute Gasteiger partial charge is 0.294 e. The lowest BCUT2D eigenvalue weighted by Crippen LogP contribution is -2.36. The average molecular weight is 381 g/mol. The summed E-state index contributed by atoms with van der Waals surface area (Å²) in [4.78, 5) is 42.0. The molecule has 138 valence electrons. The maximum Gasteiger partial charge on any atom is 0.294 e. The molecular weight excluding hydrogens is 362 g/mol. The molecule has 0 saturated carbocycles. The highest BCUT2D eigenvalue weighted by molar-refractivity contribution is 8.18. The van der Waals surface area contributed by atoms with Crippen molar-refractivity contribution in [1.29, 1.82) is 0 Å². The van der Waals surface area contributed by atoms with E-state index >= 15 is 0 Å². The Labute approximate surface area is 161 Å². The van der Waals surface area contributed by atoms with E-state index in [1.165, 1.54) is 5.56 Å². The largest absolute Gasteiger partial charge is 0.325 e. The molecule has 6 nitrogen and oxygen atoms in total. The van der Waals surface area contributed by atoms with Crippen LogP contribution in [0.25, 0.3) is 6.08 Å². The molecule has 1 aliphatic rings.